The molecule has 0 bridgehead atoms. The second kappa shape index (κ2) is 4.51. The highest BCUT2D eigenvalue weighted by molar-refractivity contribution is 6.94. The van der Waals surface area contributed by atoms with Gasteiger partial charge in [0.05, 0.1) is 0 Å². The molecule has 0 fully saturated rings. The van der Waals surface area contributed by atoms with Gasteiger partial charge < -0.3 is 0 Å². The highest BCUT2D eigenvalue weighted by Crippen LogP contribution is 2.18. The van der Waals surface area contributed by atoms with Gasteiger partial charge in [-0.1, -0.05) is 44.1 Å². The number of hydrogen-bond donors (Lipinski definition) is 0. The zero-order valence-corrected chi connectivity index (χ0v) is 11.1. The van der Waals surface area contributed by atoms with Gasteiger partial charge in [-0.05, 0) is 0 Å². The highest BCUT2D eigenvalue weighted by Gasteiger charge is 2.22. The maximum absolute atomic E-state index is 8.17. The van der Waals surface area contributed by atoms with Crippen LogP contribution in [0.5, 0.6) is 0 Å². The van der Waals surface area contributed by atoms with Crippen LogP contribution in [0.1, 0.15) is 0 Å². The summed E-state index contributed by atoms with van der Waals surface area (Å²) in [5, 5.41) is 0. The minimum atomic E-state index is -2.06. The molecular weight excluding hydrogens is 168 g/mol. The van der Waals surface area contributed by atoms with Gasteiger partial charge in [-0.25, -0.2) is 0 Å². The van der Waals surface area contributed by atoms with Gasteiger partial charge in [0.15, 0.2) is 0 Å². The van der Waals surface area contributed by atoms with E-state index in [0.717, 1.165) is 0 Å². The van der Waals surface area contributed by atoms with Crippen LogP contribution in [0.15, 0.2) is 0 Å². The van der Waals surface area contributed by atoms with Crippen LogP contribution in [0, 0.1) is 0 Å². The molecule has 0 amide bonds. The first-order valence-electron chi connectivity index (χ1n) is 5.37. The Hall–Kier alpha value is 0.651. The fourth-order valence-electron chi connectivity index (χ4n) is 1.73. The molecule has 0 aromatic rings. The van der Waals surface area contributed by atoms with Crippen molar-refractivity contribution < 1.29 is 0 Å². The van der Waals surface area contributed by atoms with Crippen LogP contribution in [-0.4, -0.2) is 29.9 Å². The van der Waals surface area contributed by atoms with Crippen molar-refractivity contribution in [1.29, 1.82) is 3.70 Å². The summed E-state index contributed by atoms with van der Waals surface area (Å²) in [7, 11) is -6.18. The standard InChI is InChI=1S/C7H22Si3/c1-8(2)7(9(3)4)10(5)6/h7-10H,1-6H3/i8D,9D,10D. The van der Waals surface area contributed by atoms with Gasteiger partial charge >= 0.3 is 0 Å². The first-order chi connectivity index (χ1) is 5.37. The molecule has 0 saturated heterocycles. The molecule has 62 valence electrons. The van der Waals surface area contributed by atoms with E-state index < -0.39 is 26.2 Å². The van der Waals surface area contributed by atoms with E-state index in [0.29, 0.717) is 0 Å². The zero-order valence-electron chi connectivity index (χ0n) is 11.1. The van der Waals surface area contributed by atoms with E-state index in [2.05, 4.69) is 0 Å². The molecule has 0 aromatic heterocycles. The van der Waals surface area contributed by atoms with E-state index in [1.54, 1.807) is 0 Å². The smallest absolute Gasteiger partial charge is 0.0278 e. The predicted octanol–water partition coefficient (Wildman–Crippen LogP) is 1.90. The van der Waals surface area contributed by atoms with Crippen LogP contribution >= 0.6 is 0 Å². The SMILES string of the molecule is [2H][Si](C)(C)C([Si]([2H])(C)C)[Si]([2H])(C)C. The molecule has 0 atom stereocenters. The van der Waals surface area contributed by atoms with E-state index in [9.17, 15) is 0 Å². The Kier molecular flexibility index (Phi) is 2.80. The van der Waals surface area contributed by atoms with Gasteiger partial charge in [-0.3, -0.25) is 0 Å². The van der Waals surface area contributed by atoms with Gasteiger partial charge in [0.25, 0.3) is 0 Å². The van der Waals surface area contributed by atoms with E-state index in [1.807, 2.05) is 39.3 Å². The highest BCUT2D eigenvalue weighted by atomic mass is 28.4. The average molecular weight is 194 g/mol. The van der Waals surface area contributed by atoms with Crippen molar-refractivity contribution in [2.45, 2.75) is 44.1 Å². The van der Waals surface area contributed by atoms with Gasteiger partial charge in [-0.2, -0.15) is 0 Å². The normalized spacial score (nSPS) is 20.1. The Morgan fingerprint density at radius 1 is 0.800 bits per heavy atom. The third kappa shape index (κ3) is 3.16. The summed E-state index contributed by atoms with van der Waals surface area (Å²) in [6, 6.07) is 0. The van der Waals surface area contributed by atoms with Crippen LogP contribution in [0.2, 0.25) is 44.1 Å². The fourth-order valence-corrected chi connectivity index (χ4v) is 15.6. The Bertz CT molecular complexity index is 142. The molecule has 0 aliphatic carbocycles. The third-order valence-corrected chi connectivity index (χ3v) is 15.6. The second-order valence-corrected chi connectivity index (χ2v) is 13.6. The number of hydrogen-bond acceptors (Lipinski definition) is 0. The quantitative estimate of drug-likeness (QED) is 0.601. The maximum Gasteiger partial charge on any atom is 0.0278 e. The van der Waals surface area contributed by atoms with Gasteiger partial charge in [0.2, 0.25) is 0 Å². The molecule has 10 heavy (non-hydrogen) atoms. The lowest BCUT2D eigenvalue weighted by Gasteiger charge is -2.25. The van der Waals surface area contributed by atoms with Crippen LogP contribution in [0.4, 0.5) is 0 Å². The Balaban J connectivity index is 5.02. The molecular formula is C7H22Si3. The molecule has 0 nitrogen and oxygen atoms in total. The third-order valence-electron chi connectivity index (χ3n) is 1.73. The fraction of sp³-hybridized carbons (Fsp3) is 1.00. The Morgan fingerprint density at radius 2 is 1.00 bits per heavy atom. The summed E-state index contributed by atoms with van der Waals surface area (Å²) in [5.41, 5.74) is 0. The molecule has 0 spiro atoms. The van der Waals surface area contributed by atoms with E-state index in [1.165, 1.54) is 0 Å². The molecule has 0 rings (SSSR count). The van der Waals surface area contributed by atoms with Crippen molar-refractivity contribution in [1.82, 2.24) is 0 Å². The van der Waals surface area contributed by atoms with Gasteiger partial charge in [0.1, 0.15) is 0 Å². The van der Waals surface area contributed by atoms with E-state index in [-0.39, 0.29) is 4.79 Å². The molecule has 0 unspecified atom stereocenters. The van der Waals surface area contributed by atoms with Crippen molar-refractivity contribution in [2.75, 3.05) is 0 Å². The Labute approximate surface area is 74.5 Å². The summed E-state index contributed by atoms with van der Waals surface area (Å²) in [6.07, 6.45) is 0. The summed E-state index contributed by atoms with van der Waals surface area (Å²) < 4.78 is 24.5. The molecule has 0 heterocycles. The lowest BCUT2D eigenvalue weighted by molar-refractivity contribution is 1.52. The molecule has 0 N–H and O–H groups in total. The van der Waals surface area contributed by atoms with Crippen LogP contribution in [0.25, 0.3) is 0 Å². The zero-order chi connectivity index (χ0) is 11.1. The van der Waals surface area contributed by atoms with Gasteiger partial charge in [-0.15, -0.1) is 0 Å². The first-order valence-corrected chi connectivity index (χ1v) is 11.6. The molecule has 0 radical (unpaired) electrons. The molecule has 0 saturated carbocycles. The first kappa shape index (κ1) is 6.20. The lowest BCUT2D eigenvalue weighted by Crippen LogP contribution is -2.34. The van der Waals surface area contributed by atoms with Gasteiger partial charge in [0, 0.05) is 29.9 Å². The van der Waals surface area contributed by atoms with Crippen LogP contribution in [-0.2, 0) is 0 Å². The summed E-state index contributed by atoms with van der Waals surface area (Å²) in [4.78, 5) is 0.146. The lowest BCUT2D eigenvalue weighted by atomic mass is 11.7. The Morgan fingerprint density at radius 3 is 1.00 bits per heavy atom. The van der Waals surface area contributed by atoms with Crippen molar-refractivity contribution in [3.05, 3.63) is 0 Å². The largest absolute Gasteiger partial charge is 0.0724 e. The monoisotopic (exact) mass is 193 g/mol. The van der Waals surface area contributed by atoms with Crippen LogP contribution < -0.4 is 0 Å². The topological polar surface area (TPSA) is 0 Å². The molecule has 3 heteroatoms. The van der Waals surface area contributed by atoms with Crippen molar-refractivity contribution in [2.24, 2.45) is 0 Å². The molecule has 0 aromatic carbocycles. The predicted molar refractivity (Wildman–Crippen MR) is 60.4 cm³/mol. The second-order valence-electron chi connectivity index (χ2n) is 3.67. The van der Waals surface area contributed by atoms with E-state index >= 15 is 0 Å². The van der Waals surface area contributed by atoms with Crippen LogP contribution in [0.3, 0.4) is 0 Å². The summed E-state index contributed by atoms with van der Waals surface area (Å²) in [6.45, 7) is 11.9. The van der Waals surface area contributed by atoms with Crippen molar-refractivity contribution in [3.63, 3.8) is 0 Å². The molecule has 0 aliphatic heterocycles. The minimum absolute atomic E-state index is 0.146. The molecule has 0 aliphatic rings. The van der Waals surface area contributed by atoms with Crippen molar-refractivity contribution >= 4 is 26.2 Å². The maximum atomic E-state index is 8.17. The average Bonchev–Trinajstić information content (AvgIpc) is 1.44. The minimum Gasteiger partial charge on any atom is -0.0724 e. The number of rotatable bonds is 3. The summed E-state index contributed by atoms with van der Waals surface area (Å²) in [5.74, 6) is 0. The summed E-state index contributed by atoms with van der Waals surface area (Å²) >= 11 is 0. The van der Waals surface area contributed by atoms with E-state index in [4.69, 9.17) is 3.70 Å². The van der Waals surface area contributed by atoms with Crippen molar-refractivity contribution in [3.8, 4) is 0 Å².